The fraction of sp³-hybridized carbons (Fsp3) is 0.143. The summed E-state index contributed by atoms with van der Waals surface area (Å²) in [7, 11) is -2.36. The van der Waals surface area contributed by atoms with E-state index in [0.29, 0.717) is 11.4 Å². The standard InChI is InChI=1S/C14H15N3O4S/c1-10(18)16-13-8-12(5-6-14(13)21-2)22(19,20)17-11-4-3-7-15-9-11/h3-9,17H,1-2H3,(H,16,18). The fourth-order valence-corrected chi connectivity index (χ4v) is 2.85. The number of benzene rings is 1. The van der Waals surface area contributed by atoms with Gasteiger partial charge in [-0.3, -0.25) is 14.5 Å². The van der Waals surface area contributed by atoms with E-state index in [2.05, 4.69) is 15.0 Å². The second kappa shape index (κ2) is 6.44. The predicted molar refractivity (Wildman–Crippen MR) is 82.3 cm³/mol. The molecule has 0 unspecified atom stereocenters. The molecular formula is C14H15N3O4S. The largest absolute Gasteiger partial charge is 0.495 e. The molecule has 2 N–H and O–H groups in total. The van der Waals surface area contributed by atoms with Crippen LogP contribution in [-0.4, -0.2) is 26.4 Å². The van der Waals surface area contributed by atoms with Gasteiger partial charge < -0.3 is 10.1 Å². The van der Waals surface area contributed by atoms with Crippen LogP contribution in [0.25, 0.3) is 0 Å². The lowest BCUT2D eigenvalue weighted by atomic mass is 10.3. The zero-order chi connectivity index (χ0) is 16.2. The summed E-state index contributed by atoms with van der Waals surface area (Å²) >= 11 is 0. The van der Waals surface area contributed by atoms with Gasteiger partial charge in [0.25, 0.3) is 10.0 Å². The van der Waals surface area contributed by atoms with Crippen molar-refractivity contribution in [1.82, 2.24) is 4.98 Å². The zero-order valence-corrected chi connectivity index (χ0v) is 12.8. The Morgan fingerprint density at radius 2 is 2.05 bits per heavy atom. The van der Waals surface area contributed by atoms with E-state index >= 15 is 0 Å². The Labute approximate surface area is 128 Å². The van der Waals surface area contributed by atoms with Gasteiger partial charge in [-0.05, 0) is 30.3 Å². The average molecular weight is 321 g/mol. The third-order valence-electron chi connectivity index (χ3n) is 2.71. The zero-order valence-electron chi connectivity index (χ0n) is 12.0. The van der Waals surface area contributed by atoms with Gasteiger partial charge in [0, 0.05) is 13.1 Å². The number of ether oxygens (including phenoxy) is 1. The molecule has 0 aliphatic carbocycles. The number of rotatable bonds is 5. The van der Waals surface area contributed by atoms with Crippen LogP contribution in [0.1, 0.15) is 6.92 Å². The molecule has 0 saturated carbocycles. The van der Waals surface area contributed by atoms with E-state index in [4.69, 9.17) is 4.74 Å². The molecule has 0 aliphatic heterocycles. The van der Waals surface area contributed by atoms with Crippen LogP contribution in [0.2, 0.25) is 0 Å². The molecule has 1 amide bonds. The number of carbonyl (C=O) groups is 1. The summed E-state index contributed by atoms with van der Waals surface area (Å²) in [6, 6.07) is 7.41. The molecule has 1 heterocycles. The number of nitrogens with zero attached hydrogens (tertiary/aromatic N) is 1. The molecule has 0 radical (unpaired) electrons. The quantitative estimate of drug-likeness (QED) is 0.876. The van der Waals surface area contributed by atoms with Gasteiger partial charge in [-0.15, -0.1) is 0 Å². The fourth-order valence-electron chi connectivity index (χ4n) is 1.78. The van der Waals surface area contributed by atoms with Crippen LogP contribution in [-0.2, 0) is 14.8 Å². The van der Waals surface area contributed by atoms with Gasteiger partial charge in [0.05, 0.1) is 29.6 Å². The molecule has 0 fully saturated rings. The van der Waals surface area contributed by atoms with Crippen molar-refractivity contribution < 1.29 is 17.9 Å². The average Bonchev–Trinajstić information content (AvgIpc) is 2.47. The molecule has 1 aromatic heterocycles. The first kappa shape index (κ1) is 15.8. The summed E-state index contributed by atoms with van der Waals surface area (Å²) < 4.78 is 32.2. The molecule has 0 atom stereocenters. The highest BCUT2D eigenvalue weighted by molar-refractivity contribution is 7.92. The van der Waals surface area contributed by atoms with Crippen molar-refractivity contribution in [3.63, 3.8) is 0 Å². The smallest absolute Gasteiger partial charge is 0.262 e. The van der Waals surface area contributed by atoms with Crippen LogP contribution in [0.3, 0.4) is 0 Å². The van der Waals surface area contributed by atoms with Crippen molar-refractivity contribution in [3.8, 4) is 5.75 Å². The van der Waals surface area contributed by atoms with E-state index in [1.807, 2.05) is 0 Å². The number of nitrogens with one attached hydrogen (secondary N) is 2. The third kappa shape index (κ3) is 3.73. The number of aromatic nitrogens is 1. The first-order valence-electron chi connectivity index (χ1n) is 6.31. The number of hydrogen-bond donors (Lipinski definition) is 2. The minimum atomic E-state index is -3.79. The van der Waals surface area contributed by atoms with Crippen molar-refractivity contribution in [3.05, 3.63) is 42.7 Å². The van der Waals surface area contributed by atoms with Crippen LogP contribution in [0.4, 0.5) is 11.4 Å². The Hall–Kier alpha value is -2.61. The van der Waals surface area contributed by atoms with Gasteiger partial charge in [-0.2, -0.15) is 0 Å². The van der Waals surface area contributed by atoms with Crippen molar-refractivity contribution in [2.45, 2.75) is 11.8 Å². The molecule has 2 rings (SSSR count). The Morgan fingerprint density at radius 3 is 2.64 bits per heavy atom. The summed E-state index contributed by atoms with van der Waals surface area (Å²) in [6.45, 7) is 1.33. The molecule has 0 aliphatic rings. The Kier molecular flexibility index (Phi) is 4.62. The number of carbonyl (C=O) groups excluding carboxylic acids is 1. The second-order valence-electron chi connectivity index (χ2n) is 4.39. The van der Waals surface area contributed by atoms with E-state index in [-0.39, 0.29) is 16.5 Å². The second-order valence-corrected chi connectivity index (χ2v) is 6.07. The molecular weight excluding hydrogens is 306 g/mol. The Morgan fingerprint density at radius 1 is 1.27 bits per heavy atom. The van der Waals surface area contributed by atoms with Crippen LogP contribution in [0.5, 0.6) is 5.75 Å². The minimum Gasteiger partial charge on any atom is -0.495 e. The molecule has 7 nitrogen and oxygen atoms in total. The van der Waals surface area contributed by atoms with Crippen LogP contribution < -0.4 is 14.8 Å². The van der Waals surface area contributed by atoms with E-state index < -0.39 is 10.0 Å². The van der Waals surface area contributed by atoms with E-state index in [9.17, 15) is 13.2 Å². The first-order valence-corrected chi connectivity index (χ1v) is 7.79. The number of amides is 1. The topological polar surface area (TPSA) is 97.4 Å². The first-order chi connectivity index (χ1) is 10.4. The molecule has 22 heavy (non-hydrogen) atoms. The van der Waals surface area contributed by atoms with E-state index in [1.54, 1.807) is 18.3 Å². The minimum absolute atomic E-state index is 0.000836. The van der Waals surface area contributed by atoms with Crippen LogP contribution in [0.15, 0.2) is 47.6 Å². The number of anilines is 2. The summed E-state index contributed by atoms with van der Waals surface area (Å²) in [5.41, 5.74) is 0.628. The summed E-state index contributed by atoms with van der Waals surface area (Å²) in [4.78, 5) is 15.0. The highest BCUT2D eigenvalue weighted by Gasteiger charge is 2.17. The predicted octanol–water partition coefficient (Wildman–Crippen LogP) is 1.85. The van der Waals surface area contributed by atoms with Gasteiger partial charge in [0.15, 0.2) is 0 Å². The van der Waals surface area contributed by atoms with Gasteiger partial charge in [-0.25, -0.2) is 8.42 Å². The van der Waals surface area contributed by atoms with Gasteiger partial charge in [0.1, 0.15) is 5.75 Å². The van der Waals surface area contributed by atoms with Crippen molar-refractivity contribution in [2.24, 2.45) is 0 Å². The van der Waals surface area contributed by atoms with Gasteiger partial charge in [-0.1, -0.05) is 0 Å². The van der Waals surface area contributed by atoms with E-state index in [1.165, 1.54) is 38.4 Å². The maximum Gasteiger partial charge on any atom is 0.262 e. The Balaban J connectivity index is 2.36. The lowest BCUT2D eigenvalue weighted by molar-refractivity contribution is -0.114. The molecule has 2 aromatic rings. The lowest BCUT2D eigenvalue weighted by Gasteiger charge is -2.12. The number of hydrogen-bond acceptors (Lipinski definition) is 5. The maximum absolute atomic E-state index is 12.3. The van der Waals surface area contributed by atoms with Gasteiger partial charge in [0.2, 0.25) is 5.91 Å². The normalized spacial score (nSPS) is 10.8. The molecule has 1 aromatic carbocycles. The summed E-state index contributed by atoms with van der Waals surface area (Å²) in [5, 5.41) is 2.53. The molecule has 116 valence electrons. The van der Waals surface area contributed by atoms with Crippen molar-refractivity contribution in [1.29, 1.82) is 0 Å². The summed E-state index contributed by atoms with van der Waals surface area (Å²) in [6.07, 6.45) is 2.94. The van der Waals surface area contributed by atoms with Crippen molar-refractivity contribution in [2.75, 3.05) is 17.1 Å². The molecule has 8 heteroatoms. The highest BCUT2D eigenvalue weighted by Crippen LogP contribution is 2.28. The highest BCUT2D eigenvalue weighted by atomic mass is 32.2. The monoisotopic (exact) mass is 321 g/mol. The molecule has 0 spiro atoms. The van der Waals surface area contributed by atoms with E-state index in [0.717, 1.165) is 0 Å². The van der Waals surface area contributed by atoms with Crippen LogP contribution in [0, 0.1) is 0 Å². The number of methoxy groups -OCH3 is 1. The number of sulfonamides is 1. The molecule has 0 saturated heterocycles. The summed E-state index contributed by atoms with van der Waals surface area (Å²) in [5.74, 6) is 0.0450. The maximum atomic E-state index is 12.3. The Bertz CT molecular complexity index is 776. The third-order valence-corrected chi connectivity index (χ3v) is 4.08. The molecule has 0 bridgehead atoms. The lowest BCUT2D eigenvalue weighted by Crippen LogP contribution is -2.14. The van der Waals surface area contributed by atoms with Crippen molar-refractivity contribution >= 4 is 27.3 Å². The van der Waals surface area contributed by atoms with Crippen LogP contribution >= 0.6 is 0 Å². The SMILES string of the molecule is COc1ccc(S(=O)(=O)Nc2cccnc2)cc1NC(C)=O. The number of pyridine rings is 1. The van der Waals surface area contributed by atoms with Gasteiger partial charge >= 0.3 is 0 Å².